The van der Waals surface area contributed by atoms with Crippen molar-refractivity contribution in [2.24, 2.45) is 5.92 Å². The summed E-state index contributed by atoms with van der Waals surface area (Å²) in [4.78, 5) is 6.87. The molecular formula is C17H21ClN2O. The molecule has 1 fully saturated rings. The first kappa shape index (κ1) is 14.6. The second kappa shape index (κ2) is 6.63. The minimum atomic E-state index is 0.715. The van der Waals surface area contributed by atoms with Crippen molar-refractivity contribution in [1.82, 2.24) is 9.88 Å². The summed E-state index contributed by atoms with van der Waals surface area (Å²) in [5.74, 6) is 2.47. The van der Waals surface area contributed by atoms with Crippen molar-refractivity contribution >= 4 is 11.6 Å². The highest BCUT2D eigenvalue weighted by Gasteiger charge is 2.24. The molecule has 0 unspecified atom stereocenters. The van der Waals surface area contributed by atoms with E-state index in [1.54, 1.807) is 6.20 Å². The molecule has 1 aromatic heterocycles. The molecule has 0 N–H and O–H groups in total. The average molecular weight is 305 g/mol. The fraction of sp³-hybridized carbons (Fsp3) is 0.471. The van der Waals surface area contributed by atoms with Gasteiger partial charge in [-0.05, 0) is 43.9 Å². The van der Waals surface area contributed by atoms with Crippen LogP contribution in [0.5, 0.6) is 0 Å². The van der Waals surface area contributed by atoms with Crippen LogP contribution in [0.15, 0.2) is 34.9 Å². The number of nitrogens with zero attached hydrogens (tertiary/aromatic N) is 2. The van der Waals surface area contributed by atoms with Crippen LogP contribution in [0.4, 0.5) is 0 Å². The van der Waals surface area contributed by atoms with Gasteiger partial charge in [0.05, 0.1) is 12.7 Å². The van der Waals surface area contributed by atoms with Gasteiger partial charge in [-0.1, -0.05) is 30.7 Å². The molecule has 1 saturated carbocycles. The molecular weight excluding hydrogens is 284 g/mol. The summed E-state index contributed by atoms with van der Waals surface area (Å²) in [6.07, 6.45) is 5.70. The van der Waals surface area contributed by atoms with Crippen molar-refractivity contribution < 1.29 is 4.42 Å². The van der Waals surface area contributed by atoms with Crippen LogP contribution < -0.4 is 0 Å². The molecule has 0 aliphatic heterocycles. The Hall–Kier alpha value is -1.32. The van der Waals surface area contributed by atoms with Crippen molar-refractivity contribution in [2.75, 3.05) is 13.1 Å². The zero-order chi connectivity index (χ0) is 14.7. The lowest BCUT2D eigenvalue weighted by atomic mass is 10.2. The smallest absolute Gasteiger partial charge is 0.209 e. The molecule has 1 heterocycles. The van der Waals surface area contributed by atoms with Crippen LogP contribution in [-0.2, 0) is 6.54 Å². The fourth-order valence-corrected chi connectivity index (χ4v) is 2.76. The van der Waals surface area contributed by atoms with Crippen molar-refractivity contribution in [2.45, 2.75) is 32.7 Å². The van der Waals surface area contributed by atoms with Crippen LogP contribution >= 0.6 is 11.6 Å². The van der Waals surface area contributed by atoms with E-state index < -0.39 is 0 Å². The maximum absolute atomic E-state index is 6.02. The lowest BCUT2D eigenvalue weighted by Gasteiger charge is -2.19. The molecule has 0 saturated heterocycles. The Morgan fingerprint density at radius 2 is 2.24 bits per heavy atom. The number of rotatable bonds is 7. The largest absolute Gasteiger partial charge is 0.439 e. The van der Waals surface area contributed by atoms with Crippen LogP contribution in [0, 0.1) is 5.92 Å². The van der Waals surface area contributed by atoms with Crippen LogP contribution in [0.2, 0.25) is 5.02 Å². The van der Waals surface area contributed by atoms with Gasteiger partial charge in [0.2, 0.25) is 5.89 Å². The van der Waals surface area contributed by atoms with Gasteiger partial charge in [0, 0.05) is 17.1 Å². The second-order valence-corrected chi connectivity index (χ2v) is 6.24. The van der Waals surface area contributed by atoms with E-state index >= 15 is 0 Å². The van der Waals surface area contributed by atoms with Crippen molar-refractivity contribution in [1.29, 1.82) is 0 Å². The van der Waals surface area contributed by atoms with Gasteiger partial charge in [-0.15, -0.1) is 0 Å². The predicted octanol–water partition coefficient (Wildman–Crippen LogP) is 4.62. The van der Waals surface area contributed by atoms with Gasteiger partial charge in [0.15, 0.2) is 5.76 Å². The molecule has 2 aromatic rings. The summed E-state index contributed by atoms with van der Waals surface area (Å²) in [6.45, 7) is 5.28. The standard InChI is InChI=1S/C17H21ClN2O/c1-2-8-20(11-13-6-7-13)12-17-19-10-16(21-17)14-4-3-5-15(18)9-14/h3-5,9-10,13H,2,6-8,11-12H2,1H3. The van der Waals surface area contributed by atoms with Gasteiger partial charge in [-0.3, -0.25) is 4.90 Å². The number of benzene rings is 1. The Morgan fingerprint density at radius 3 is 2.95 bits per heavy atom. The minimum Gasteiger partial charge on any atom is -0.439 e. The molecule has 4 heteroatoms. The lowest BCUT2D eigenvalue weighted by Crippen LogP contribution is -2.26. The summed E-state index contributed by atoms with van der Waals surface area (Å²) in [7, 11) is 0. The number of aromatic nitrogens is 1. The van der Waals surface area contributed by atoms with E-state index in [9.17, 15) is 0 Å². The summed E-state index contributed by atoms with van der Waals surface area (Å²) >= 11 is 6.02. The summed E-state index contributed by atoms with van der Waals surface area (Å²) in [5.41, 5.74) is 0.977. The first-order valence-corrected chi connectivity index (χ1v) is 8.05. The van der Waals surface area contributed by atoms with E-state index in [1.807, 2.05) is 24.3 Å². The Balaban J connectivity index is 1.68. The Morgan fingerprint density at radius 1 is 1.38 bits per heavy atom. The minimum absolute atomic E-state index is 0.715. The first-order valence-electron chi connectivity index (χ1n) is 7.67. The monoisotopic (exact) mass is 304 g/mol. The van der Waals surface area contributed by atoms with Crippen LogP contribution in [0.1, 0.15) is 32.1 Å². The topological polar surface area (TPSA) is 29.3 Å². The molecule has 1 aliphatic carbocycles. The summed E-state index contributed by atoms with van der Waals surface area (Å²) < 4.78 is 5.89. The van der Waals surface area contributed by atoms with Gasteiger partial charge in [0.1, 0.15) is 0 Å². The number of halogens is 1. The quantitative estimate of drug-likeness (QED) is 0.747. The Bertz CT molecular complexity index is 592. The van der Waals surface area contributed by atoms with E-state index in [0.717, 1.165) is 42.6 Å². The number of oxazole rings is 1. The highest BCUT2D eigenvalue weighted by Crippen LogP contribution is 2.30. The molecule has 3 nitrogen and oxygen atoms in total. The average Bonchev–Trinajstić information content (AvgIpc) is 3.15. The SMILES string of the molecule is CCCN(Cc1ncc(-c2cccc(Cl)c2)o1)CC1CC1. The van der Waals surface area contributed by atoms with E-state index in [1.165, 1.54) is 19.4 Å². The molecule has 0 spiro atoms. The maximum Gasteiger partial charge on any atom is 0.209 e. The third-order valence-electron chi connectivity index (χ3n) is 3.77. The molecule has 21 heavy (non-hydrogen) atoms. The van der Waals surface area contributed by atoms with E-state index in [-0.39, 0.29) is 0 Å². The van der Waals surface area contributed by atoms with E-state index in [2.05, 4.69) is 16.8 Å². The summed E-state index contributed by atoms with van der Waals surface area (Å²) in [6, 6.07) is 7.68. The molecule has 0 atom stereocenters. The summed E-state index contributed by atoms with van der Waals surface area (Å²) in [5, 5.41) is 0.715. The number of hydrogen-bond acceptors (Lipinski definition) is 3. The Labute approximate surface area is 130 Å². The highest BCUT2D eigenvalue weighted by molar-refractivity contribution is 6.30. The lowest BCUT2D eigenvalue weighted by molar-refractivity contribution is 0.231. The van der Waals surface area contributed by atoms with E-state index in [0.29, 0.717) is 5.02 Å². The molecule has 0 bridgehead atoms. The van der Waals surface area contributed by atoms with Gasteiger partial charge in [0.25, 0.3) is 0 Å². The van der Waals surface area contributed by atoms with Crippen LogP contribution in [0.3, 0.4) is 0 Å². The van der Waals surface area contributed by atoms with Crippen molar-refractivity contribution in [3.8, 4) is 11.3 Å². The fourth-order valence-electron chi connectivity index (χ4n) is 2.57. The molecule has 112 valence electrons. The zero-order valence-corrected chi connectivity index (χ0v) is 13.1. The normalized spacial score (nSPS) is 14.8. The molecule has 3 rings (SSSR count). The third kappa shape index (κ3) is 4.08. The van der Waals surface area contributed by atoms with Crippen LogP contribution in [-0.4, -0.2) is 23.0 Å². The second-order valence-electron chi connectivity index (χ2n) is 5.81. The van der Waals surface area contributed by atoms with Crippen LogP contribution in [0.25, 0.3) is 11.3 Å². The first-order chi connectivity index (χ1) is 10.2. The molecule has 0 radical (unpaired) electrons. The molecule has 1 aliphatic rings. The van der Waals surface area contributed by atoms with Crippen molar-refractivity contribution in [3.05, 3.63) is 41.4 Å². The Kier molecular flexibility index (Phi) is 4.61. The third-order valence-corrected chi connectivity index (χ3v) is 4.01. The van der Waals surface area contributed by atoms with Crippen molar-refractivity contribution in [3.63, 3.8) is 0 Å². The number of hydrogen-bond donors (Lipinski definition) is 0. The molecule has 0 amide bonds. The van der Waals surface area contributed by atoms with Gasteiger partial charge < -0.3 is 4.42 Å². The van der Waals surface area contributed by atoms with Gasteiger partial charge in [-0.25, -0.2) is 4.98 Å². The van der Waals surface area contributed by atoms with Gasteiger partial charge >= 0.3 is 0 Å². The van der Waals surface area contributed by atoms with E-state index in [4.69, 9.17) is 16.0 Å². The predicted molar refractivity (Wildman–Crippen MR) is 85.2 cm³/mol. The maximum atomic E-state index is 6.02. The highest BCUT2D eigenvalue weighted by atomic mass is 35.5. The zero-order valence-electron chi connectivity index (χ0n) is 12.4. The van der Waals surface area contributed by atoms with Gasteiger partial charge in [-0.2, -0.15) is 0 Å². The molecule has 1 aromatic carbocycles.